The van der Waals surface area contributed by atoms with E-state index in [0.717, 1.165) is 0 Å². The Hall–Kier alpha value is -1.17. The minimum atomic E-state index is -0.204. The van der Waals surface area contributed by atoms with Gasteiger partial charge >= 0.3 is 0 Å². The molecule has 0 atom stereocenters. The van der Waals surface area contributed by atoms with Crippen LogP contribution in [-0.2, 0) is 0 Å². The smallest absolute Gasteiger partial charge is 0.278 e. The zero-order valence-electron chi connectivity index (χ0n) is 5.28. The zero-order valence-corrected chi connectivity index (χ0v) is 6.87. The molecule has 2 aromatic heterocycles. The topological polar surface area (TPSA) is 63.0 Å². The number of H-pyrrole nitrogens is 1. The summed E-state index contributed by atoms with van der Waals surface area (Å²) in [7, 11) is 0. The van der Waals surface area contributed by atoms with Crippen LogP contribution in [0.15, 0.2) is 21.8 Å². The monoisotopic (exact) mass is 214 g/mol. The number of hydrogen-bond acceptors (Lipinski definition) is 3. The third kappa shape index (κ3) is 0.864. The second kappa shape index (κ2) is 2.16. The minimum absolute atomic E-state index is 0.204. The number of halogens is 1. The summed E-state index contributed by atoms with van der Waals surface area (Å²) in [6, 6.07) is 0. The number of aromatic nitrogens is 4. The van der Waals surface area contributed by atoms with Crippen LogP contribution in [0.2, 0.25) is 0 Å². The molecule has 0 amide bonds. The third-order valence-electron chi connectivity index (χ3n) is 1.28. The number of nitrogens with zero attached hydrogens (tertiary/aromatic N) is 3. The lowest BCUT2D eigenvalue weighted by Crippen LogP contribution is -2.11. The summed E-state index contributed by atoms with van der Waals surface area (Å²) in [4.78, 5) is 13.5. The van der Waals surface area contributed by atoms with Crippen molar-refractivity contribution in [3.8, 4) is 0 Å². The van der Waals surface area contributed by atoms with Gasteiger partial charge in [0.05, 0.1) is 10.7 Å². The normalized spacial score (nSPS) is 10.6. The average Bonchev–Trinajstić information content (AvgIpc) is 2.34. The van der Waals surface area contributed by atoms with E-state index in [9.17, 15) is 4.79 Å². The molecule has 0 unspecified atom stereocenters. The van der Waals surface area contributed by atoms with Crippen LogP contribution < -0.4 is 5.56 Å². The van der Waals surface area contributed by atoms with Gasteiger partial charge in [-0.2, -0.15) is 5.10 Å². The summed E-state index contributed by atoms with van der Waals surface area (Å²) < 4.78 is 1.91. The van der Waals surface area contributed by atoms with Crippen molar-refractivity contribution in [3.63, 3.8) is 0 Å². The molecule has 2 heterocycles. The Balaban J connectivity index is 3.08. The molecule has 1 N–H and O–H groups in total. The predicted octanol–water partition coefficient (Wildman–Crippen LogP) is 0.180. The van der Waals surface area contributed by atoms with E-state index in [-0.39, 0.29) is 5.56 Å². The van der Waals surface area contributed by atoms with Gasteiger partial charge in [0.1, 0.15) is 6.33 Å². The largest absolute Gasteiger partial charge is 0.310 e. The molecule has 0 spiro atoms. The van der Waals surface area contributed by atoms with E-state index in [2.05, 4.69) is 31.1 Å². The van der Waals surface area contributed by atoms with E-state index < -0.39 is 0 Å². The molecule has 0 saturated carbocycles. The van der Waals surface area contributed by atoms with E-state index in [4.69, 9.17) is 0 Å². The highest BCUT2D eigenvalue weighted by Crippen LogP contribution is 2.10. The third-order valence-corrected chi connectivity index (χ3v) is 1.86. The molecule has 0 aromatic carbocycles. The van der Waals surface area contributed by atoms with Crippen LogP contribution >= 0.6 is 15.9 Å². The number of fused-ring (bicyclic) bond motifs is 1. The first kappa shape index (κ1) is 6.53. The van der Waals surface area contributed by atoms with Crippen LogP contribution in [0, 0.1) is 0 Å². The Morgan fingerprint density at radius 1 is 1.55 bits per heavy atom. The predicted molar refractivity (Wildman–Crippen MR) is 41.3 cm³/mol. The molecular weight excluding hydrogens is 212 g/mol. The molecule has 2 aromatic rings. The fourth-order valence-corrected chi connectivity index (χ4v) is 1.25. The molecular formula is C5H3BrN4O. The van der Waals surface area contributed by atoms with Crippen molar-refractivity contribution >= 4 is 21.4 Å². The molecule has 0 fully saturated rings. The lowest BCUT2D eigenvalue weighted by atomic mass is 10.5. The Bertz CT molecular complexity index is 445. The molecule has 0 saturated heterocycles. The summed E-state index contributed by atoms with van der Waals surface area (Å²) in [5.41, 5.74) is 0.219. The second-order valence-corrected chi connectivity index (χ2v) is 2.80. The van der Waals surface area contributed by atoms with E-state index in [1.165, 1.54) is 17.2 Å². The van der Waals surface area contributed by atoms with Crippen molar-refractivity contribution in [1.82, 2.24) is 19.8 Å². The minimum Gasteiger partial charge on any atom is -0.310 e. The van der Waals surface area contributed by atoms with Gasteiger partial charge in [-0.25, -0.2) is 0 Å². The fourth-order valence-electron chi connectivity index (χ4n) is 0.817. The lowest BCUT2D eigenvalue weighted by Gasteiger charge is -1.87. The van der Waals surface area contributed by atoms with Crippen molar-refractivity contribution in [2.75, 3.05) is 0 Å². The molecule has 5 nitrogen and oxygen atoms in total. The quantitative estimate of drug-likeness (QED) is 0.681. The van der Waals surface area contributed by atoms with Gasteiger partial charge in [0, 0.05) is 0 Å². The number of aromatic amines is 1. The van der Waals surface area contributed by atoms with Crippen LogP contribution in [0.1, 0.15) is 0 Å². The van der Waals surface area contributed by atoms with Crippen molar-refractivity contribution in [2.24, 2.45) is 0 Å². The van der Waals surface area contributed by atoms with Gasteiger partial charge < -0.3 is 4.98 Å². The molecule has 11 heavy (non-hydrogen) atoms. The van der Waals surface area contributed by atoms with Crippen LogP contribution in [0.4, 0.5) is 0 Å². The lowest BCUT2D eigenvalue weighted by molar-refractivity contribution is 0.773. The van der Waals surface area contributed by atoms with Gasteiger partial charge in [-0.1, -0.05) is 0 Å². The zero-order chi connectivity index (χ0) is 7.84. The molecule has 0 aliphatic rings. The van der Waals surface area contributed by atoms with Crippen LogP contribution in [0.25, 0.3) is 5.52 Å². The number of hydrogen-bond donors (Lipinski definition) is 1. The fraction of sp³-hybridized carbons (Fsp3) is 0. The molecule has 0 aliphatic heterocycles. The summed E-state index contributed by atoms with van der Waals surface area (Å²) in [6.45, 7) is 0. The summed E-state index contributed by atoms with van der Waals surface area (Å²) in [6.07, 6.45) is 2.83. The molecule has 0 bridgehead atoms. The Labute approximate surface area is 69.2 Å². The van der Waals surface area contributed by atoms with E-state index in [1.54, 1.807) is 0 Å². The van der Waals surface area contributed by atoms with Gasteiger partial charge in [0.25, 0.3) is 5.56 Å². The van der Waals surface area contributed by atoms with Crippen LogP contribution in [-0.4, -0.2) is 19.8 Å². The Kier molecular flexibility index (Phi) is 1.28. The average molecular weight is 215 g/mol. The second-order valence-electron chi connectivity index (χ2n) is 1.95. The maximum atomic E-state index is 11.1. The van der Waals surface area contributed by atoms with Crippen molar-refractivity contribution in [3.05, 3.63) is 27.4 Å². The van der Waals surface area contributed by atoms with Crippen LogP contribution in [0.5, 0.6) is 0 Å². The molecule has 56 valence electrons. The highest BCUT2D eigenvalue weighted by molar-refractivity contribution is 9.10. The number of rotatable bonds is 0. The highest BCUT2D eigenvalue weighted by atomic mass is 79.9. The van der Waals surface area contributed by atoms with E-state index >= 15 is 0 Å². The molecule has 0 radical (unpaired) electrons. The van der Waals surface area contributed by atoms with Gasteiger partial charge in [0.2, 0.25) is 0 Å². The van der Waals surface area contributed by atoms with Gasteiger partial charge in [-0.3, -0.25) is 4.79 Å². The Morgan fingerprint density at radius 3 is 3.09 bits per heavy atom. The Morgan fingerprint density at radius 2 is 2.36 bits per heavy atom. The first-order chi connectivity index (χ1) is 5.29. The first-order valence-electron chi connectivity index (χ1n) is 2.86. The standard InChI is InChI=1S/C5H3BrN4O/c6-3-1-8-10-4(3)5(11)7-2-9-10/h1-2H,(H,7,9,11). The van der Waals surface area contributed by atoms with Gasteiger partial charge in [0.15, 0.2) is 5.52 Å². The maximum absolute atomic E-state index is 11.1. The first-order valence-corrected chi connectivity index (χ1v) is 3.65. The van der Waals surface area contributed by atoms with Crippen LogP contribution in [0.3, 0.4) is 0 Å². The van der Waals surface area contributed by atoms with Gasteiger partial charge in [-0.15, -0.1) is 9.73 Å². The summed E-state index contributed by atoms with van der Waals surface area (Å²) in [5, 5.41) is 7.60. The summed E-state index contributed by atoms with van der Waals surface area (Å²) in [5.74, 6) is 0. The molecule has 0 aliphatic carbocycles. The van der Waals surface area contributed by atoms with Crippen molar-refractivity contribution in [2.45, 2.75) is 0 Å². The number of nitrogens with one attached hydrogen (secondary N) is 1. The SMILES string of the molecule is O=c1[nH]cnn2ncc(Br)c12. The molecule has 2 rings (SSSR count). The van der Waals surface area contributed by atoms with Crippen molar-refractivity contribution < 1.29 is 0 Å². The van der Waals surface area contributed by atoms with Crippen molar-refractivity contribution in [1.29, 1.82) is 0 Å². The summed E-state index contributed by atoms with van der Waals surface area (Å²) >= 11 is 3.17. The maximum Gasteiger partial charge on any atom is 0.278 e. The van der Waals surface area contributed by atoms with E-state index in [0.29, 0.717) is 9.99 Å². The highest BCUT2D eigenvalue weighted by Gasteiger charge is 2.03. The molecule has 6 heteroatoms. The van der Waals surface area contributed by atoms with Gasteiger partial charge in [-0.05, 0) is 15.9 Å². The van der Waals surface area contributed by atoms with E-state index in [1.807, 2.05) is 0 Å².